The number of rotatable bonds is 13. The Kier molecular flexibility index (Phi) is 10.4. The zero-order valence-corrected chi connectivity index (χ0v) is 25.0. The quantitative estimate of drug-likeness (QED) is 0.349. The summed E-state index contributed by atoms with van der Waals surface area (Å²) in [5.41, 5.74) is 1.50. The summed E-state index contributed by atoms with van der Waals surface area (Å²) in [7, 11) is -3.50. The second kappa shape index (κ2) is 13.6. The van der Waals surface area contributed by atoms with Gasteiger partial charge in [0.15, 0.2) is 0 Å². The first-order valence-corrected chi connectivity index (χ1v) is 16.7. The highest BCUT2D eigenvalue weighted by Gasteiger charge is 2.47. The first-order chi connectivity index (χ1) is 19.1. The molecule has 0 bridgehead atoms. The number of amidine groups is 1. The van der Waals surface area contributed by atoms with Gasteiger partial charge >= 0.3 is 0 Å². The first kappa shape index (κ1) is 30.7. The van der Waals surface area contributed by atoms with Crippen LogP contribution in [0.5, 0.6) is 0 Å². The van der Waals surface area contributed by atoms with E-state index in [1.54, 1.807) is 17.0 Å². The number of β-amino-alcohol motifs (C(OH)–C–C–N with tert-alkyl or cyclic N) is 1. The smallest absolute Gasteiger partial charge is 0.253 e. The highest BCUT2D eigenvalue weighted by Crippen LogP contribution is 2.32. The SMILES string of the molecule is CCCCCCCCCC1=NC2(CCN(S(=O)(=O)CCc3ccc(C(=O)N4CC[C@@H](O)C4)cc3C)CC2)C(=O)N1. The second-order valence-corrected chi connectivity index (χ2v) is 13.8. The normalized spacial score (nSPS) is 21.2. The predicted molar refractivity (Wildman–Crippen MR) is 157 cm³/mol. The largest absolute Gasteiger partial charge is 0.391 e. The third-order valence-corrected chi connectivity index (χ3v) is 10.5. The van der Waals surface area contributed by atoms with Crippen LogP contribution in [0.15, 0.2) is 23.2 Å². The number of carbonyl (C=O) groups excluding carboxylic acids is 2. The van der Waals surface area contributed by atoms with E-state index in [-0.39, 0.29) is 30.7 Å². The minimum Gasteiger partial charge on any atom is -0.391 e. The molecule has 3 heterocycles. The number of nitrogens with zero attached hydrogens (tertiary/aromatic N) is 3. The van der Waals surface area contributed by atoms with Crippen LogP contribution >= 0.6 is 0 Å². The maximum Gasteiger partial charge on any atom is 0.253 e. The minimum absolute atomic E-state index is 0.0224. The number of sulfonamides is 1. The molecule has 3 aliphatic rings. The number of hydrogen-bond acceptors (Lipinski definition) is 6. The Morgan fingerprint density at radius 3 is 2.42 bits per heavy atom. The first-order valence-electron chi connectivity index (χ1n) is 15.1. The number of piperidine rings is 1. The maximum atomic E-state index is 13.2. The van der Waals surface area contributed by atoms with Gasteiger partial charge in [-0.2, -0.15) is 0 Å². The predicted octanol–water partition coefficient (Wildman–Crippen LogP) is 3.58. The van der Waals surface area contributed by atoms with Crippen LogP contribution in [0.2, 0.25) is 0 Å². The fraction of sp³-hybridized carbons (Fsp3) is 0.700. The van der Waals surface area contributed by atoms with Crippen LogP contribution in [0.1, 0.15) is 99.0 Å². The van der Waals surface area contributed by atoms with E-state index in [0.717, 1.165) is 36.2 Å². The number of aliphatic imine (C=N–C) groups is 1. The number of amides is 2. The zero-order chi connectivity index (χ0) is 28.8. The summed E-state index contributed by atoms with van der Waals surface area (Å²) < 4.78 is 27.8. The van der Waals surface area contributed by atoms with Gasteiger partial charge in [-0.25, -0.2) is 12.7 Å². The number of nitrogens with one attached hydrogen (secondary N) is 1. The molecule has 222 valence electrons. The Hall–Kier alpha value is -2.30. The Morgan fingerprint density at radius 2 is 1.77 bits per heavy atom. The monoisotopic (exact) mass is 574 g/mol. The van der Waals surface area contributed by atoms with E-state index in [1.807, 2.05) is 13.0 Å². The zero-order valence-electron chi connectivity index (χ0n) is 24.2. The standard InChI is InChI=1S/C30H46N4O5S/c1-3-4-5-6-7-8-9-10-27-31-29(37)30(32-27)15-18-34(19-16-30)40(38,39)20-14-24-11-12-25(21-23(24)2)28(36)33-17-13-26(35)22-33/h11-12,21,26,35H,3-10,13-20,22H2,1-2H3,(H,31,32,37)/t26-/m1/s1. The third kappa shape index (κ3) is 7.50. The van der Waals surface area contributed by atoms with Crippen molar-refractivity contribution in [1.29, 1.82) is 0 Å². The summed E-state index contributed by atoms with van der Waals surface area (Å²) in [5.74, 6) is 0.542. The average molecular weight is 575 g/mol. The van der Waals surface area contributed by atoms with Gasteiger partial charge in [0, 0.05) is 38.2 Å². The lowest BCUT2D eigenvalue weighted by Crippen LogP contribution is -2.50. The Labute approximate surface area is 239 Å². The molecular weight excluding hydrogens is 528 g/mol. The summed E-state index contributed by atoms with van der Waals surface area (Å²) in [5, 5.41) is 12.7. The van der Waals surface area contributed by atoms with Gasteiger partial charge in [-0.3, -0.25) is 14.6 Å². The van der Waals surface area contributed by atoms with E-state index in [9.17, 15) is 23.1 Å². The van der Waals surface area contributed by atoms with Crippen LogP contribution in [-0.4, -0.2) is 84.0 Å². The molecule has 0 aliphatic carbocycles. The molecule has 1 spiro atoms. The number of aryl methyl sites for hydroxylation is 2. The van der Waals surface area contributed by atoms with Crippen molar-refractivity contribution in [1.82, 2.24) is 14.5 Å². The number of carbonyl (C=O) groups is 2. The lowest BCUT2D eigenvalue weighted by molar-refractivity contribution is -0.124. The number of hydrogen-bond donors (Lipinski definition) is 2. The van der Waals surface area contributed by atoms with Crippen molar-refractivity contribution in [3.8, 4) is 0 Å². The van der Waals surface area contributed by atoms with E-state index in [0.29, 0.717) is 44.3 Å². The molecule has 40 heavy (non-hydrogen) atoms. The molecule has 0 aromatic heterocycles. The van der Waals surface area contributed by atoms with Crippen LogP contribution in [0.4, 0.5) is 0 Å². The summed E-state index contributed by atoms with van der Waals surface area (Å²) in [6.07, 6.45) is 10.5. The van der Waals surface area contributed by atoms with Gasteiger partial charge in [0.25, 0.3) is 11.8 Å². The van der Waals surface area contributed by atoms with E-state index in [4.69, 9.17) is 4.99 Å². The van der Waals surface area contributed by atoms with Crippen LogP contribution < -0.4 is 5.32 Å². The lowest BCUT2D eigenvalue weighted by atomic mass is 9.89. The molecule has 1 aromatic carbocycles. The summed E-state index contributed by atoms with van der Waals surface area (Å²) in [6.45, 7) is 5.58. The lowest BCUT2D eigenvalue weighted by Gasteiger charge is -2.34. The fourth-order valence-corrected chi connectivity index (χ4v) is 7.49. The molecule has 0 saturated carbocycles. The molecule has 1 atom stereocenters. The Morgan fingerprint density at radius 1 is 1.07 bits per heavy atom. The topological polar surface area (TPSA) is 119 Å². The Bertz CT molecular complexity index is 1190. The number of unbranched alkanes of at least 4 members (excludes halogenated alkanes) is 6. The third-order valence-electron chi connectivity index (χ3n) is 8.66. The molecule has 1 aromatic rings. The van der Waals surface area contributed by atoms with Gasteiger partial charge in [-0.05, 0) is 62.3 Å². The van der Waals surface area contributed by atoms with Crippen molar-refractivity contribution >= 4 is 27.7 Å². The van der Waals surface area contributed by atoms with Crippen molar-refractivity contribution in [2.45, 2.75) is 103 Å². The average Bonchev–Trinajstić information content (AvgIpc) is 3.49. The summed E-state index contributed by atoms with van der Waals surface area (Å²) >= 11 is 0. The molecular formula is C30H46N4O5S. The molecule has 2 amide bonds. The van der Waals surface area contributed by atoms with Gasteiger partial charge in [0.1, 0.15) is 11.4 Å². The van der Waals surface area contributed by atoms with Crippen molar-refractivity contribution in [3.63, 3.8) is 0 Å². The second-order valence-electron chi connectivity index (χ2n) is 11.7. The van der Waals surface area contributed by atoms with Gasteiger partial charge in [-0.15, -0.1) is 0 Å². The van der Waals surface area contributed by atoms with Crippen LogP contribution in [0.25, 0.3) is 0 Å². The fourth-order valence-electron chi connectivity index (χ4n) is 6.01. The van der Waals surface area contributed by atoms with Crippen LogP contribution in [0, 0.1) is 6.92 Å². The van der Waals surface area contributed by atoms with E-state index >= 15 is 0 Å². The highest BCUT2D eigenvalue weighted by atomic mass is 32.2. The maximum absolute atomic E-state index is 13.2. The van der Waals surface area contributed by atoms with Crippen molar-refractivity contribution in [3.05, 3.63) is 34.9 Å². The molecule has 0 radical (unpaired) electrons. The molecule has 10 heteroatoms. The number of aliphatic hydroxyl groups is 1. The van der Waals surface area contributed by atoms with Crippen molar-refractivity contribution in [2.24, 2.45) is 4.99 Å². The molecule has 9 nitrogen and oxygen atoms in total. The van der Waals surface area contributed by atoms with Crippen molar-refractivity contribution < 1.29 is 23.1 Å². The number of likely N-dealkylation sites (tertiary alicyclic amines) is 1. The van der Waals surface area contributed by atoms with E-state index in [2.05, 4.69) is 12.2 Å². The van der Waals surface area contributed by atoms with E-state index < -0.39 is 21.7 Å². The summed E-state index contributed by atoms with van der Waals surface area (Å²) in [4.78, 5) is 32.0. The summed E-state index contributed by atoms with van der Waals surface area (Å²) in [6, 6.07) is 5.38. The molecule has 2 N–H and O–H groups in total. The number of aliphatic hydroxyl groups excluding tert-OH is 1. The Balaban J connectivity index is 1.25. The molecule has 3 aliphatic heterocycles. The van der Waals surface area contributed by atoms with Crippen LogP contribution in [0.3, 0.4) is 0 Å². The molecule has 0 unspecified atom stereocenters. The molecule has 2 fully saturated rings. The molecule has 4 rings (SSSR count). The number of benzene rings is 1. The van der Waals surface area contributed by atoms with Gasteiger partial charge in [-0.1, -0.05) is 51.5 Å². The van der Waals surface area contributed by atoms with Gasteiger partial charge < -0.3 is 15.3 Å². The van der Waals surface area contributed by atoms with Gasteiger partial charge in [0.05, 0.1) is 11.9 Å². The van der Waals surface area contributed by atoms with E-state index in [1.165, 1.54) is 36.4 Å². The molecule has 2 saturated heterocycles. The van der Waals surface area contributed by atoms with Crippen LogP contribution in [-0.2, 0) is 21.2 Å². The highest BCUT2D eigenvalue weighted by molar-refractivity contribution is 7.89. The van der Waals surface area contributed by atoms with Crippen molar-refractivity contribution in [2.75, 3.05) is 31.9 Å². The van der Waals surface area contributed by atoms with Gasteiger partial charge in [0.2, 0.25) is 10.0 Å². The minimum atomic E-state index is -3.50.